The molecule has 1 aliphatic heterocycles. The molecule has 2 fully saturated rings. The largest absolute Gasteiger partial charge is 0.482 e. The summed E-state index contributed by atoms with van der Waals surface area (Å²) in [4.78, 5) is 36.4. The Morgan fingerprint density at radius 2 is 1.78 bits per heavy atom. The minimum Gasteiger partial charge on any atom is -0.482 e. The number of imide groups is 1. The number of rotatable bonds is 6. The van der Waals surface area contributed by atoms with Crippen LogP contribution in [0.15, 0.2) is 41.5 Å². The molecular formula is C20H20N2O5. The van der Waals surface area contributed by atoms with E-state index in [0.29, 0.717) is 12.4 Å². The average Bonchev–Trinajstić information content (AvgIpc) is 3.34. The minimum atomic E-state index is -0.428. The molecule has 0 N–H and O–H groups in total. The second-order valence-corrected chi connectivity index (χ2v) is 6.90. The monoisotopic (exact) mass is 368 g/mol. The predicted molar refractivity (Wildman–Crippen MR) is 95.7 cm³/mol. The Bertz CT molecular complexity index is 799. The molecule has 4 atom stereocenters. The number of hydrogen-bond donors (Lipinski definition) is 0. The molecule has 2 aliphatic carbocycles. The van der Waals surface area contributed by atoms with Crippen LogP contribution >= 0.6 is 0 Å². The highest BCUT2D eigenvalue weighted by Gasteiger charge is 2.59. The molecule has 7 heteroatoms. The molecule has 7 nitrogen and oxygen atoms in total. The van der Waals surface area contributed by atoms with E-state index in [4.69, 9.17) is 9.47 Å². The minimum absolute atomic E-state index is 0.156. The molecule has 2 bridgehead atoms. The van der Waals surface area contributed by atoms with E-state index in [-0.39, 0.29) is 42.1 Å². The van der Waals surface area contributed by atoms with Gasteiger partial charge in [-0.25, -0.2) is 4.79 Å². The second kappa shape index (κ2) is 6.98. The van der Waals surface area contributed by atoms with Crippen molar-refractivity contribution < 1.29 is 23.9 Å². The Labute approximate surface area is 156 Å². The van der Waals surface area contributed by atoms with Crippen molar-refractivity contribution >= 4 is 24.0 Å². The topological polar surface area (TPSA) is 85.3 Å². The van der Waals surface area contributed by atoms with Crippen molar-refractivity contribution in [3.05, 3.63) is 42.0 Å². The highest BCUT2D eigenvalue weighted by atomic mass is 16.6. The van der Waals surface area contributed by atoms with E-state index in [1.807, 2.05) is 0 Å². The Morgan fingerprint density at radius 3 is 2.37 bits per heavy atom. The maximum absolute atomic E-state index is 12.6. The third kappa shape index (κ3) is 3.13. The Balaban J connectivity index is 1.38. The SMILES string of the molecule is CCOC(=O)COc1ccc(C=NN2C(=O)[C@@H]3[C@H](C2=O)[C@H]2C=C[C@H]3C2)cc1. The van der Waals surface area contributed by atoms with E-state index < -0.39 is 5.97 Å². The molecule has 3 aliphatic rings. The number of hydrazone groups is 1. The van der Waals surface area contributed by atoms with Crippen LogP contribution in [-0.4, -0.2) is 42.2 Å². The highest BCUT2D eigenvalue weighted by molar-refractivity contribution is 6.06. The summed E-state index contributed by atoms with van der Waals surface area (Å²) in [6, 6.07) is 6.85. The molecule has 0 unspecified atom stereocenters. The van der Waals surface area contributed by atoms with Crippen molar-refractivity contribution in [3.8, 4) is 5.75 Å². The smallest absolute Gasteiger partial charge is 0.344 e. The van der Waals surface area contributed by atoms with Crippen molar-refractivity contribution in [2.75, 3.05) is 13.2 Å². The van der Waals surface area contributed by atoms with Crippen LogP contribution in [0.25, 0.3) is 0 Å². The van der Waals surface area contributed by atoms with Crippen LogP contribution in [0.5, 0.6) is 5.75 Å². The molecule has 140 valence electrons. The van der Waals surface area contributed by atoms with Gasteiger partial charge in [0.05, 0.1) is 24.7 Å². The zero-order valence-corrected chi connectivity index (χ0v) is 14.9. The fourth-order valence-corrected chi connectivity index (χ4v) is 4.12. The maximum Gasteiger partial charge on any atom is 0.344 e. The Kier molecular flexibility index (Phi) is 4.51. The zero-order chi connectivity index (χ0) is 19.0. The van der Waals surface area contributed by atoms with Crippen molar-refractivity contribution in [2.24, 2.45) is 28.8 Å². The normalized spacial score (nSPS) is 28.3. The van der Waals surface area contributed by atoms with Crippen molar-refractivity contribution in [2.45, 2.75) is 13.3 Å². The van der Waals surface area contributed by atoms with E-state index >= 15 is 0 Å². The highest BCUT2D eigenvalue weighted by Crippen LogP contribution is 2.52. The van der Waals surface area contributed by atoms with Gasteiger partial charge in [-0.15, -0.1) is 0 Å². The lowest BCUT2D eigenvalue weighted by atomic mass is 9.85. The summed E-state index contributed by atoms with van der Waals surface area (Å²) < 4.78 is 10.1. The first-order valence-electron chi connectivity index (χ1n) is 9.07. The number of fused-ring (bicyclic) bond motifs is 5. The van der Waals surface area contributed by atoms with Gasteiger partial charge in [0.2, 0.25) is 0 Å². The summed E-state index contributed by atoms with van der Waals surface area (Å²) in [5, 5.41) is 5.15. The predicted octanol–water partition coefficient (Wildman–Crippen LogP) is 1.77. The molecule has 1 aromatic carbocycles. The molecule has 1 heterocycles. The van der Waals surface area contributed by atoms with Crippen molar-refractivity contribution in [1.29, 1.82) is 0 Å². The van der Waals surface area contributed by atoms with Gasteiger partial charge in [0.1, 0.15) is 5.75 Å². The molecule has 0 spiro atoms. The van der Waals surface area contributed by atoms with Gasteiger partial charge in [-0.2, -0.15) is 10.1 Å². The molecular weight excluding hydrogens is 348 g/mol. The number of benzene rings is 1. The summed E-state index contributed by atoms with van der Waals surface area (Å²) >= 11 is 0. The number of nitrogens with zero attached hydrogens (tertiary/aromatic N) is 2. The fraction of sp³-hybridized carbons (Fsp3) is 0.400. The summed E-state index contributed by atoms with van der Waals surface area (Å²) in [6.45, 7) is 1.89. The molecule has 2 amide bonds. The number of ether oxygens (including phenoxy) is 2. The standard InChI is InChI=1S/C20H20N2O5/c1-2-26-16(23)11-27-15-7-3-12(4-8-15)10-21-22-19(24)17-13-5-6-14(9-13)18(17)20(22)25/h3-8,10,13-14,17-18H,2,9,11H2,1H3/t13-,14-,17-,18+/m0/s1. The van der Waals surface area contributed by atoms with Gasteiger partial charge >= 0.3 is 5.97 Å². The number of carbonyl (C=O) groups excluding carboxylic acids is 3. The van der Waals surface area contributed by atoms with Gasteiger partial charge in [0.25, 0.3) is 11.8 Å². The van der Waals surface area contributed by atoms with E-state index in [1.165, 1.54) is 6.21 Å². The number of hydrogen-bond acceptors (Lipinski definition) is 6. The second-order valence-electron chi connectivity index (χ2n) is 6.90. The van der Waals surface area contributed by atoms with Gasteiger partial charge in [-0.3, -0.25) is 9.59 Å². The van der Waals surface area contributed by atoms with Crippen LogP contribution < -0.4 is 4.74 Å². The van der Waals surface area contributed by atoms with Crippen LogP contribution in [0.4, 0.5) is 0 Å². The number of amides is 2. The van der Waals surface area contributed by atoms with Gasteiger partial charge < -0.3 is 9.47 Å². The lowest BCUT2D eigenvalue weighted by Crippen LogP contribution is -2.28. The average molecular weight is 368 g/mol. The van der Waals surface area contributed by atoms with Crippen LogP contribution in [0, 0.1) is 23.7 Å². The van der Waals surface area contributed by atoms with E-state index in [1.54, 1.807) is 31.2 Å². The van der Waals surface area contributed by atoms with Crippen LogP contribution in [0.2, 0.25) is 0 Å². The molecule has 4 rings (SSSR count). The zero-order valence-electron chi connectivity index (χ0n) is 14.9. The van der Waals surface area contributed by atoms with Gasteiger partial charge in [0.15, 0.2) is 6.61 Å². The maximum atomic E-state index is 12.6. The number of carbonyl (C=O) groups is 3. The first-order valence-corrected chi connectivity index (χ1v) is 9.07. The lowest BCUT2D eigenvalue weighted by Gasteiger charge is -2.13. The van der Waals surface area contributed by atoms with Crippen molar-refractivity contribution in [1.82, 2.24) is 5.01 Å². The van der Waals surface area contributed by atoms with Crippen LogP contribution in [0.3, 0.4) is 0 Å². The first-order chi connectivity index (χ1) is 13.1. The molecule has 0 aromatic heterocycles. The summed E-state index contributed by atoms with van der Waals surface area (Å²) in [5.41, 5.74) is 0.720. The van der Waals surface area contributed by atoms with Crippen LogP contribution in [-0.2, 0) is 19.1 Å². The van der Waals surface area contributed by atoms with E-state index in [2.05, 4.69) is 17.3 Å². The first kappa shape index (κ1) is 17.5. The van der Waals surface area contributed by atoms with E-state index in [0.717, 1.165) is 17.0 Å². The van der Waals surface area contributed by atoms with Gasteiger partial charge in [-0.1, -0.05) is 12.2 Å². The Hall–Kier alpha value is -2.96. The third-order valence-corrected chi connectivity index (χ3v) is 5.31. The number of esters is 1. The third-order valence-electron chi connectivity index (χ3n) is 5.31. The van der Waals surface area contributed by atoms with Crippen molar-refractivity contribution in [3.63, 3.8) is 0 Å². The summed E-state index contributed by atoms with van der Waals surface area (Å²) in [7, 11) is 0. The molecule has 27 heavy (non-hydrogen) atoms. The Morgan fingerprint density at radius 1 is 1.15 bits per heavy atom. The fourth-order valence-electron chi connectivity index (χ4n) is 4.12. The number of allylic oxidation sites excluding steroid dienone is 2. The summed E-state index contributed by atoms with van der Waals surface area (Å²) in [6.07, 6.45) is 6.50. The molecule has 1 aromatic rings. The van der Waals surface area contributed by atoms with Crippen LogP contribution in [0.1, 0.15) is 18.9 Å². The molecule has 1 saturated heterocycles. The molecule has 0 radical (unpaired) electrons. The summed E-state index contributed by atoms with van der Waals surface area (Å²) in [5.74, 6) is -0.458. The molecule has 1 saturated carbocycles. The van der Waals surface area contributed by atoms with Gasteiger partial charge in [0, 0.05) is 0 Å². The van der Waals surface area contributed by atoms with E-state index in [9.17, 15) is 14.4 Å². The lowest BCUT2D eigenvalue weighted by molar-refractivity contribution is -0.145. The quantitative estimate of drug-likeness (QED) is 0.331. The van der Waals surface area contributed by atoms with Gasteiger partial charge in [-0.05, 0) is 55.0 Å².